The van der Waals surface area contributed by atoms with E-state index in [2.05, 4.69) is 6.58 Å². The minimum absolute atomic E-state index is 0.201. The lowest BCUT2D eigenvalue weighted by atomic mass is 9.96. The molecule has 2 aromatic rings. The number of hydrogen-bond donors (Lipinski definition) is 2. The zero-order valence-electron chi connectivity index (χ0n) is 12.6. The van der Waals surface area contributed by atoms with E-state index < -0.39 is 11.9 Å². The molecule has 0 bridgehead atoms. The van der Waals surface area contributed by atoms with Gasteiger partial charge in [-0.2, -0.15) is 0 Å². The lowest BCUT2D eigenvalue weighted by Crippen LogP contribution is -2.05. The summed E-state index contributed by atoms with van der Waals surface area (Å²) in [6.45, 7) is 3.79. The maximum absolute atomic E-state index is 12.4. The first-order valence-electron chi connectivity index (χ1n) is 6.97. The standard InChI is InChI=1S/C19H14O5/c1-12(13-5-3-2-4-6-13)18(22)15-9-7-14(8-10-15)16(19(23)24)11-17(20)21/h2-11H,1H2,(H,20,21)(H,23,24). The van der Waals surface area contributed by atoms with Crippen LogP contribution in [0, 0.1) is 0 Å². The number of allylic oxidation sites excluding steroid dienone is 1. The third-order valence-corrected chi connectivity index (χ3v) is 3.35. The van der Waals surface area contributed by atoms with Crippen molar-refractivity contribution in [2.45, 2.75) is 0 Å². The van der Waals surface area contributed by atoms with Gasteiger partial charge in [-0.15, -0.1) is 0 Å². The molecule has 2 N–H and O–H groups in total. The second-order valence-corrected chi connectivity index (χ2v) is 4.95. The molecule has 120 valence electrons. The summed E-state index contributed by atoms with van der Waals surface area (Å²) in [5.41, 5.74) is 1.20. The highest BCUT2D eigenvalue weighted by Crippen LogP contribution is 2.20. The van der Waals surface area contributed by atoms with Crippen molar-refractivity contribution in [3.8, 4) is 0 Å². The van der Waals surface area contributed by atoms with Crippen LogP contribution in [0.2, 0.25) is 0 Å². The van der Waals surface area contributed by atoms with Crippen molar-refractivity contribution >= 4 is 28.9 Å². The molecule has 5 heteroatoms. The smallest absolute Gasteiger partial charge is 0.336 e. The number of Topliss-reactive ketones (excluding diaryl/α,β-unsaturated/α-hetero) is 1. The van der Waals surface area contributed by atoms with E-state index in [9.17, 15) is 14.4 Å². The number of carbonyl (C=O) groups excluding carboxylic acids is 1. The van der Waals surface area contributed by atoms with Crippen LogP contribution in [0.25, 0.3) is 11.1 Å². The number of carboxylic acids is 2. The number of rotatable bonds is 6. The summed E-state index contributed by atoms with van der Waals surface area (Å²) in [5.74, 6) is -3.00. The quantitative estimate of drug-likeness (QED) is 0.630. The Bertz CT molecular complexity index is 830. The van der Waals surface area contributed by atoms with E-state index in [-0.39, 0.29) is 16.9 Å². The number of carbonyl (C=O) groups is 3. The third-order valence-electron chi connectivity index (χ3n) is 3.35. The summed E-state index contributed by atoms with van der Waals surface area (Å²) in [6.07, 6.45) is 0.613. The molecule has 0 saturated heterocycles. The first kappa shape index (κ1) is 16.9. The molecule has 0 atom stereocenters. The molecule has 0 spiro atoms. The van der Waals surface area contributed by atoms with E-state index in [0.717, 1.165) is 0 Å². The highest BCUT2D eigenvalue weighted by Gasteiger charge is 2.15. The van der Waals surface area contributed by atoms with Crippen LogP contribution in [-0.4, -0.2) is 27.9 Å². The molecule has 0 aliphatic carbocycles. The Morgan fingerprint density at radius 1 is 0.792 bits per heavy atom. The van der Waals surface area contributed by atoms with E-state index in [1.165, 1.54) is 24.3 Å². The molecule has 0 aromatic heterocycles. The molecule has 5 nitrogen and oxygen atoms in total. The van der Waals surface area contributed by atoms with Gasteiger partial charge < -0.3 is 10.2 Å². The first-order valence-corrected chi connectivity index (χ1v) is 6.97. The normalized spacial score (nSPS) is 10.9. The van der Waals surface area contributed by atoms with E-state index in [1.54, 1.807) is 24.3 Å². The maximum Gasteiger partial charge on any atom is 0.336 e. The number of carboxylic acid groups (broad SMARTS) is 2. The molecule has 0 unspecified atom stereocenters. The Kier molecular flexibility index (Phi) is 5.06. The van der Waals surface area contributed by atoms with Crippen LogP contribution >= 0.6 is 0 Å². The minimum atomic E-state index is -1.36. The van der Waals surface area contributed by atoms with Gasteiger partial charge in [-0.1, -0.05) is 61.2 Å². The van der Waals surface area contributed by atoms with Crippen molar-refractivity contribution in [2.75, 3.05) is 0 Å². The van der Waals surface area contributed by atoms with Gasteiger partial charge in [0, 0.05) is 17.2 Å². The zero-order chi connectivity index (χ0) is 17.7. The second-order valence-electron chi connectivity index (χ2n) is 4.95. The molecule has 0 radical (unpaired) electrons. The van der Waals surface area contributed by atoms with Gasteiger partial charge in [0.05, 0.1) is 5.57 Å². The predicted octanol–water partition coefficient (Wildman–Crippen LogP) is 3.14. The molecule has 0 aliphatic heterocycles. The number of benzene rings is 2. The Balaban J connectivity index is 2.29. The van der Waals surface area contributed by atoms with Gasteiger partial charge in [0.25, 0.3) is 0 Å². The highest BCUT2D eigenvalue weighted by molar-refractivity contribution is 6.28. The Morgan fingerprint density at radius 2 is 1.33 bits per heavy atom. The number of aliphatic carboxylic acids is 2. The fourth-order valence-electron chi connectivity index (χ4n) is 2.14. The maximum atomic E-state index is 12.4. The van der Waals surface area contributed by atoms with E-state index >= 15 is 0 Å². The average Bonchev–Trinajstić information content (AvgIpc) is 2.59. The zero-order valence-corrected chi connectivity index (χ0v) is 12.6. The Hall–Kier alpha value is -3.47. The number of ketones is 1. The molecule has 0 saturated carbocycles. The third kappa shape index (κ3) is 3.84. The van der Waals surface area contributed by atoms with Crippen molar-refractivity contribution in [1.82, 2.24) is 0 Å². The minimum Gasteiger partial charge on any atom is -0.478 e. The number of hydrogen-bond acceptors (Lipinski definition) is 3. The Labute approximate surface area is 138 Å². The topological polar surface area (TPSA) is 91.7 Å². The molecule has 0 fully saturated rings. The first-order chi connectivity index (χ1) is 11.4. The van der Waals surface area contributed by atoms with Crippen molar-refractivity contribution < 1.29 is 24.6 Å². The molecule has 2 rings (SSSR count). The summed E-state index contributed by atoms with van der Waals surface area (Å²) in [5, 5.41) is 17.8. The van der Waals surface area contributed by atoms with E-state index in [1.807, 2.05) is 6.07 Å². The van der Waals surface area contributed by atoms with Gasteiger partial charge in [0.15, 0.2) is 5.78 Å². The van der Waals surface area contributed by atoms with Crippen LogP contribution in [0.3, 0.4) is 0 Å². The molecule has 0 amide bonds. The molecular weight excluding hydrogens is 308 g/mol. The van der Waals surface area contributed by atoms with Crippen LogP contribution in [-0.2, 0) is 9.59 Å². The SMILES string of the molecule is C=C(C(=O)c1ccc(C(=CC(=O)O)C(=O)O)cc1)c1ccccc1. The largest absolute Gasteiger partial charge is 0.478 e. The fraction of sp³-hybridized carbons (Fsp3) is 0. The summed E-state index contributed by atoms with van der Waals surface area (Å²) in [6, 6.07) is 14.7. The predicted molar refractivity (Wildman–Crippen MR) is 89.5 cm³/mol. The van der Waals surface area contributed by atoms with Gasteiger partial charge in [0.2, 0.25) is 0 Å². The van der Waals surface area contributed by atoms with Gasteiger partial charge in [-0.25, -0.2) is 9.59 Å². The average molecular weight is 322 g/mol. The van der Waals surface area contributed by atoms with Gasteiger partial charge in [-0.3, -0.25) is 4.79 Å². The van der Waals surface area contributed by atoms with Crippen LogP contribution in [0.4, 0.5) is 0 Å². The van der Waals surface area contributed by atoms with Crippen molar-refractivity contribution in [3.63, 3.8) is 0 Å². The lowest BCUT2D eigenvalue weighted by molar-refractivity contribution is -0.133. The van der Waals surface area contributed by atoms with Crippen molar-refractivity contribution in [1.29, 1.82) is 0 Å². The van der Waals surface area contributed by atoms with E-state index in [4.69, 9.17) is 10.2 Å². The van der Waals surface area contributed by atoms with Gasteiger partial charge in [-0.05, 0) is 11.1 Å². The highest BCUT2D eigenvalue weighted by atomic mass is 16.4. The lowest BCUT2D eigenvalue weighted by Gasteiger charge is -2.07. The summed E-state index contributed by atoms with van der Waals surface area (Å²) >= 11 is 0. The Morgan fingerprint density at radius 3 is 1.83 bits per heavy atom. The molecular formula is C19H14O5. The van der Waals surface area contributed by atoms with Crippen LogP contribution < -0.4 is 0 Å². The summed E-state index contributed by atoms with van der Waals surface area (Å²) in [7, 11) is 0. The van der Waals surface area contributed by atoms with Gasteiger partial charge >= 0.3 is 11.9 Å². The molecule has 0 heterocycles. The molecule has 24 heavy (non-hydrogen) atoms. The van der Waals surface area contributed by atoms with Crippen LogP contribution in [0.5, 0.6) is 0 Å². The van der Waals surface area contributed by atoms with E-state index in [0.29, 0.717) is 22.8 Å². The summed E-state index contributed by atoms with van der Waals surface area (Å²) in [4.78, 5) is 34.3. The van der Waals surface area contributed by atoms with Crippen LogP contribution in [0.1, 0.15) is 21.5 Å². The van der Waals surface area contributed by atoms with Gasteiger partial charge in [0.1, 0.15) is 0 Å². The molecule has 0 aliphatic rings. The second kappa shape index (κ2) is 7.19. The monoisotopic (exact) mass is 322 g/mol. The van der Waals surface area contributed by atoms with Crippen molar-refractivity contribution in [2.24, 2.45) is 0 Å². The summed E-state index contributed by atoms with van der Waals surface area (Å²) < 4.78 is 0. The fourth-order valence-corrected chi connectivity index (χ4v) is 2.14. The van der Waals surface area contributed by atoms with Crippen molar-refractivity contribution in [3.05, 3.63) is 83.9 Å². The van der Waals surface area contributed by atoms with Crippen LogP contribution in [0.15, 0.2) is 67.3 Å². The molecule has 2 aromatic carbocycles.